The third-order valence-electron chi connectivity index (χ3n) is 3.00. The van der Waals surface area contributed by atoms with Crippen molar-refractivity contribution in [3.8, 4) is 0 Å². The maximum Gasteiger partial charge on any atom is 0.127 e. The highest BCUT2D eigenvalue weighted by Gasteiger charge is 2.16. The molecule has 4 heteroatoms. The number of hydrogen-bond donors (Lipinski definition) is 2. The van der Waals surface area contributed by atoms with E-state index in [0.29, 0.717) is 22.9 Å². The monoisotopic (exact) mass is 244 g/mol. The predicted octanol–water partition coefficient (Wildman–Crippen LogP) is 2.90. The zero-order chi connectivity index (χ0) is 12.1. The second-order valence-electron chi connectivity index (χ2n) is 4.10. The molecule has 0 heterocycles. The van der Waals surface area contributed by atoms with Gasteiger partial charge in [0.25, 0.3) is 0 Å². The Labute approximate surface area is 101 Å². The van der Waals surface area contributed by atoms with Gasteiger partial charge in [0.2, 0.25) is 0 Å². The first-order chi connectivity index (χ1) is 7.58. The van der Waals surface area contributed by atoms with Gasteiger partial charge in [-0.1, -0.05) is 37.9 Å². The molecule has 2 nitrogen and oxygen atoms in total. The van der Waals surface area contributed by atoms with Gasteiger partial charge < -0.3 is 0 Å². The minimum Gasteiger partial charge on any atom is -0.271 e. The Balaban J connectivity index is 2.78. The van der Waals surface area contributed by atoms with Crippen molar-refractivity contribution in [1.29, 1.82) is 0 Å². The Morgan fingerprint density at radius 3 is 2.69 bits per heavy atom. The molecule has 3 N–H and O–H groups in total. The number of nitrogens with two attached hydrogens (primary N) is 1. The van der Waals surface area contributed by atoms with Crippen molar-refractivity contribution in [3.05, 3.63) is 34.6 Å². The first kappa shape index (κ1) is 13.4. The molecule has 0 saturated carbocycles. The highest BCUT2D eigenvalue weighted by atomic mass is 35.5. The summed E-state index contributed by atoms with van der Waals surface area (Å²) >= 11 is 5.70. The molecule has 1 rings (SSSR count). The van der Waals surface area contributed by atoms with Crippen molar-refractivity contribution in [1.82, 2.24) is 5.43 Å². The average molecular weight is 245 g/mol. The summed E-state index contributed by atoms with van der Waals surface area (Å²) < 4.78 is 13.6. The van der Waals surface area contributed by atoms with Crippen molar-refractivity contribution >= 4 is 11.6 Å². The van der Waals surface area contributed by atoms with Crippen LogP contribution in [0.1, 0.15) is 25.8 Å². The molecule has 0 fully saturated rings. The van der Waals surface area contributed by atoms with E-state index in [4.69, 9.17) is 17.4 Å². The Kier molecular flexibility index (Phi) is 5.19. The summed E-state index contributed by atoms with van der Waals surface area (Å²) in [7, 11) is 0. The molecular weight excluding hydrogens is 227 g/mol. The molecule has 0 aliphatic rings. The van der Waals surface area contributed by atoms with Gasteiger partial charge in [-0.15, -0.1) is 0 Å². The lowest BCUT2D eigenvalue weighted by Gasteiger charge is -2.22. The van der Waals surface area contributed by atoms with Crippen LogP contribution in [0.25, 0.3) is 0 Å². The van der Waals surface area contributed by atoms with Crippen LogP contribution in [0.15, 0.2) is 18.2 Å². The van der Waals surface area contributed by atoms with Crippen LogP contribution < -0.4 is 11.3 Å². The van der Waals surface area contributed by atoms with Gasteiger partial charge in [0.15, 0.2) is 0 Å². The summed E-state index contributed by atoms with van der Waals surface area (Å²) in [6, 6.07) is 4.83. The number of hydrazine groups is 1. The summed E-state index contributed by atoms with van der Waals surface area (Å²) in [5.74, 6) is 5.61. The highest BCUT2D eigenvalue weighted by molar-refractivity contribution is 6.30. The van der Waals surface area contributed by atoms with Gasteiger partial charge in [-0.25, -0.2) is 4.39 Å². The van der Waals surface area contributed by atoms with E-state index in [9.17, 15) is 4.39 Å². The predicted molar refractivity (Wildman–Crippen MR) is 65.7 cm³/mol. The maximum atomic E-state index is 13.6. The number of hydrogen-bond acceptors (Lipinski definition) is 2. The molecule has 0 radical (unpaired) electrons. The van der Waals surface area contributed by atoms with Gasteiger partial charge in [0, 0.05) is 11.1 Å². The third kappa shape index (κ3) is 3.44. The zero-order valence-corrected chi connectivity index (χ0v) is 10.4. The van der Waals surface area contributed by atoms with Crippen LogP contribution in [0.5, 0.6) is 0 Å². The van der Waals surface area contributed by atoms with Crippen LogP contribution in [0.2, 0.25) is 5.02 Å². The van der Waals surface area contributed by atoms with Gasteiger partial charge in [-0.2, -0.15) is 0 Å². The van der Waals surface area contributed by atoms with Crippen LogP contribution in [0, 0.1) is 11.7 Å². The van der Waals surface area contributed by atoms with Crippen LogP contribution in [-0.2, 0) is 6.42 Å². The molecule has 2 atom stereocenters. The lowest BCUT2D eigenvalue weighted by molar-refractivity contribution is 0.366. The molecule has 0 bridgehead atoms. The SMILES string of the molecule is CCC(C)C(Cc1ccc(Cl)cc1F)NN. The summed E-state index contributed by atoms with van der Waals surface area (Å²) in [5.41, 5.74) is 3.39. The molecule has 90 valence electrons. The summed E-state index contributed by atoms with van der Waals surface area (Å²) in [4.78, 5) is 0. The van der Waals surface area contributed by atoms with Crippen molar-refractivity contribution < 1.29 is 4.39 Å². The van der Waals surface area contributed by atoms with Crippen LogP contribution >= 0.6 is 11.6 Å². The number of benzene rings is 1. The lowest BCUT2D eigenvalue weighted by Crippen LogP contribution is -2.41. The molecule has 0 aliphatic heterocycles. The third-order valence-corrected chi connectivity index (χ3v) is 3.23. The molecule has 1 aromatic carbocycles. The Morgan fingerprint density at radius 2 is 2.19 bits per heavy atom. The van der Waals surface area contributed by atoms with Crippen molar-refractivity contribution in [2.45, 2.75) is 32.7 Å². The molecule has 0 spiro atoms. The minimum absolute atomic E-state index is 0.0840. The second-order valence-corrected chi connectivity index (χ2v) is 4.53. The van der Waals surface area contributed by atoms with Crippen molar-refractivity contribution in [2.24, 2.45) is 11.8 Å². The van der Waals surface area contributed by atoms with Crippen LogP contribution in [-0.4, -0.2) is 6.04 Å². The van der Waals surface area contributed by atoms with Crippen molar-refractivity contribution in [2.75, 3.05) is 0 Å². The fraction of sp³-hybridized carbons (Fsp3) is 0.500. The van der Waals surface area contributed by atoms with E-state index in [0.717, 1.165) is 6.42 Å². The minimum atomic E-state index is -0.268. The molecule has 0 saturated heterocycles. The van der Waals surface area contributed by atoms with E-state index in [2.05, 4.69) is 19.3 Å². The van der Waals surface area contributed by atoms with E-state index in [1.165, 1.54) is 6.07 Å². The summed E-state index contributed by atoms with van der Waals surface area (Å²) in [6.45, 7) is 4.19. The topological polar surface area (TPSA) is 38.0 Å². The number of rotatable bonds is 5. The maximum absolute atomic E-state index is 13.6. The van der Waals surface area contributed by atoms with E-state index in [1.807, 2.05) is 0 Å². The summed E-state index contributed by atoms with van der Waals surface area (Å²) in [5, 5.41) is 0.419. The molecule has 0 aliphatic carbocycles. The smallest absolute Gasteiger partial charge is 0.127 e. The zero-order valence-electron chi connectivity index (χ0n) is 9.63. The molecule has 16 heavy (non-hydrogen) atoms. The Hall–Kier alpha value is -0.640. The first-order valence-corrected chi connectivity index (χ1v) is 5.86. The van der Waals surface area contributed by atoms with E-state index in [1.54, 1.807) is 12.1 Å². The Bertz CT molecular complexity index is 344. The van der Waals surface area contributed by atoms with Gasteiger partial charge in [0.05, 0.1) is 0 Å². The first-order valence-electron chi connectivity index (χ1n) is 5.48. The van der Waals surface area contributed by atoms with Crippen LogP contribution in [0.4, 0.5) is 4.39 Å². The fourth-order valence-corrected chi connectivity index (χ4v) is 1.79. The molecule has 1 aromatic rings. The van der Waals surface area contributed by atoms with Crippen molar-refractivity contribution in [3.63, 3.8) is 0 Å². The van der Waals surface area contributed by atoms with Gasteiger partial charge in [-0.3, -0.25) is 11.3 Å². The largest absolute Gasteiger partial charge is 0.271 e. The standard InChI is InChI=1S/C12H18ClFN2/c1-3-8(2)12(16-15)6-9-4-5-10(13)7-11(9)14/h4-5,7-8,12,16H,3,6,15H2,1-2H3. The second kappa shape index (κ2) is 6.18. The molecule has 2 unspecified atom stereocenters. The highest BCUT2D eigenvalue weighted by Crippen LogP contribution is 2.18. The van der Waals surface area contributed by atoms with E-state index >= 15 is 0 Å². The lowest BCUT2D eigenvalue weighted by atomic mass is 9.93. The van der Waals surface area contributed by atoms with E-state index < -0.39 is 0 Å². The van der Waals surface area contributed by atoms with Crippen LogP contribution in [0.3, 0.4) is 0 Å². The summed E-state index contributed by atoms with van der Waals surface area (Å²) in [6.07, 6.45) is 1.58. The Morgan fingerprint density at radius 1 is 1.50 bits per heavy atom. The van der Waals surface area contributed by atoms with E-state index in [-0.39, 0.29) is 11.9 Å². The number of nitrogens with one attached hydrogen (secondary N) is 1. The molecule has 0 aromatic heterocycles. The normalized spacial score (nSPS) is 14.8. The molecular formula is C12H18ClFN2. The number of halogens is 2. The average Bonchev–Trinajstić information content (AvgIpc) is 2.27. The fourth-order valence-electron chi connectivity index (χ4n) is 1.63. The van der Waals surface area contributed by atoms with Gasteiger partial charge >= 0.3 is 0 Å². The van der Waals surface area contributed by atoms with Gasteiger partial charge in [0.1, 0.15) is 5.82 Å². The quantitative estimate of drug-likeness (QED) is 0.618. The molecule has 0 amide bonds. The van der Waals surface area contributed by atoms with Gasteiger partial charge in [-0.05, 0) is 30.0 Å².